The molecule has 12 nitrogen and oxygen atoms in total. The van der Waals surface area contributed by atoms with Crippen molar-refractivity contribution in [3.8, 4) is 45.3 Å². The van der Waals surface area contributed by atoms with Gasteiger partial charge in [-0.3, -0.25) is 0 Å². The molecule has 2 fully saturated rings. The van der Waals surface area contributed by atoms with Gasteiger partial charge in [0.1, 0.15) is 39.6 Å². The lowest BCUT2D eigenvalue weighted by Crippen LogP contribution is -2.56. The van der Waals surface area contributed by atoms with Crippen molar-refractivity contribution in [2.45, 2.75) is 63.3 Å². The number of piperidine rings is 2. The number of nitrogens with one attached hydrogen (secondary N) is 1. The van der Waals surface area contributed by atoms with E-state index in [9.17, 15) is 32.6 Å². The van der Waals surface area contributed by atoms with E-state index in [0.29, 0.717) is 23.3 Å². The van der Waals surface area contributed by atoms with Gasteiger partial charge in [-0.2, -0.15) is 0 Å². The summed E-state index contributed by atoms with van der Waals surface area (Å²) in [7, 11) is 0. The Labute approximate surface area is 325 Å². The fraction of sp³-hybridized carbons (Fsp3) is 0.341. The molecule has 6 heterocycles. The molecule has 0 radical (unpaired) electrons. The number of aromatic nitrogens is 4. The first-order valence-corrected chi connectivity index (χ1v) is 18.3. The Hall–Kier alpha value is -6.03. The topological polar surface area (TPSA) is 135 Å². The Bertz CT molecular complexity index is 2340. The Morgan fingerprint density at radius 3 is 1.70 bits per heavy atom. The highest BCUT2D eigenvalue weighted by Gasteiger charge is 2.49. The average molecular weight is 791 g/mol. The molecule has 0 aliphatic carbocycles. The van der Waals surface area contributed by atoms with E-state index >= 15 is 0 Å². The fourth-order valence-corrected chi connectivity index (χ4v) is 6.63. The van der Waals surface area contributed by atoms with Crippen molar-refractivity contribution in [3.63, 3.8) is 0 Å². The summed E-state index contributed by atoms with van der Waals surface area (Å²) in [5.74, 6) is -5.26. The number of pyridine rings is 2. The van der Waals surface area contributed by atoms with E-state index in [1.165, 1.54) is 0 Å². The maximum absolute atomic E-state index is 15.0. The van der Waals surface area contributed by atoms with E-state index in [2.05, 4.69) is 15.3 Å². The Morgan fingerprint density at radius 1 is 0.754 bits per heavy atom. The van der Waals surface area contributed by atoms with E-state index in [1.807, 2.05) is 12.4 Å². The highest BCUT2D eigenvalue weighted by Crippen LogP contribution is 2.36. The van der Waals surface area contributed by atoms with Crippen molar-refractivity contribution in [1.29, 1.82) is 0 Å². The van der Waals surface area contributed by atoms with Gasteiger partial charge >= 0.3 is 12.0 Å². The van der Waals surface area contributed by atoms with Crippen LogP contribution in [0.5, 0.6) is 23.0 Å². The largest absolute Gasteiger partial charge is 0.508 e. The number of amides is 1. The molecule has 0 saturated carbocycles. The molecule has 4 aromatic heterocycles. The number of likely N-dealkylation sites (tertiary alicyclic amines) is 1. The molecule has 2 atom stereocenters. The molecular weight excluding hydrogens is 748 g/mol. The van der Waals surface area contributed by atoms with Crippen molar-refractivity contribution < 1.29 is 46.8 Å². The molecule has 300 valence electrons. The molecule has 0 bridgehead atoms. The molecule has 0 spiro atoms. The molecule has 8 rings (SSSR count). The molecule has 2 unspecified atom stereocenters. The van der Waals surface area contributed by atoms with E-state index in [-0.39, 0.29) is 43.2 Å². The van der Waals surface area contributed by atoms with Crippen LogP contribution in [0.2, 0.25) is 0 Å². The minimum atomic E-state index is -3.26. The van der Waals surface area contributed by atoms with Gasteiger partial charge < -0.3 is 43.4 Å². The summed E-state index contributed by atoms with van der Waals surface area (Å²) in [5, 5.41) is 21.7. The van der Waals surface area contributed by atoms with Gasteiger partial charge in [0.05, 0.1) is 38.1 Å². The minimum Gasteiger partial charge on any atom is -0.508 e. The standard InChI is InChI=1S/C23H25F2N3O4.C18H17F2N3O2/c1-22(2,3)32-21(30)27-9-8-20(23(24,25)13-27)31-19-10-16(12-28-14-26-11-18(19)28)15-4-6-17(29)7-5-15;19-18(20)10-21-6-5-17(18)25-16-7-13(9-23-11-22-8-15(16)23)12-1-3-14(24)4-2-12/h4-7,10-12,14,20,29H,8-9,13H2,1-3H3;1-4,7-9,11,17,21,24H,5-6,10H2. The van der Waals surface area contributed by atoms with Gasteiger partial charge in [-0.05, 0) is 74.8 Å². The highest BCUT2D eigenvalue weighted by molar-refractivity contribution is 5.73. The number of hydrogen-bond acceptors (Lipinski definition) is 9. The third kappa shape index (κ3) is 9.01. The number of alkyl halides is 4. The average Bonchev–Trinajstić information content (AvgIpc) is 3.84. The van der Waals surface area contributed by atoms with Crippen LogP contribution < -0.4 is 14.8 Å². The predicted molar refractivity (Wildman–Crippen MR) is 203 cm³/mol. The van der Waals surface area contributed by atoms with Gasteiger partial charge in [0, 0.05) is 42.9 Å². The molecule has 3 N–H and O–H groups in total. The maximum Gasteiger partial charge on any atom is 0.410 e. The van der Waals surface area contributed by atoms with Crippen LogP contribution in [0.3, 0.4) is 0 Å². The Morgan fingerprint density at radius 2 is 1.25 bits per heavy atom. The lowest BCUT2D eigenvalue weighted by molar-refractivity contribution is -0.137. The van der Waals surface area contributed by atoms with E-state index in [1.54, 1.807) is 115 Å². The number of fused-ring (bicyclic) bond motifs is 2. The van der Waals surface area contributed by atoms with Crippen molar-refractivity contribution in [3.05, 3.63) is 98.1 Å². The second-order valence-corrected chi connectivity index (χ2v) is 15.0. The number of aromatic hydroxyl groups is 2. The number of carbonyl (C=O) groups is 1. The van der Waals surface area contributed by atoms with Crippen LogP contribution in [-0.4, -0.2) is 95.8 Å². The SMILES string of the molecule is CC(C)(C)OC(=O)N1CCC(Oc2cc(-c3ccc(O)cc3)cn3cncc23)C(F)(F)C1.Oc1ccc(-c2cc(OC3CCNCC3(F)F)c3cncn3c2)cc1. The highest BCUT2D eigenvalue weighted by atomic mass is 19.3. The summed E-state index contributed by atoms with van der Waals surface area (Å²) >= 11 is 0. The summed E-state index contributed by atoms with van der Waals surface area (Å²) in [6.45, 7) is 4.50. The Kier molecular flexibility index (Phi) is 10.7. The fourth-order valence-electron chi connectivity index (χ4n) is 6.63. The van der Waals surface area contributed by atoms with Crippen LogP contribution >= 0.6 is 0 Å². The zero-order valence-corrected chi connectivity index (χ0v) is 31.4. The maximum atomic E-state index is 15.0. The van der Waals surface area contributed by atoms with Crippen molar-refractivity contribution in [2.24, 2.45) is 0 Å². The van der Waals surface area contributed by atoms with Crippen molar-refractivity contribution in [2.75, 3.05) is 26.2 Å². The summed E-state index contributed by atoms with van der Waals surface area (Å²) in [6.07, 6.45) is 6.81. The van der Waals surface area contributed by atoms with E-state index < -0.39 is 42.3 Å². The van der Waals surface area contributed by atoms with Crippen LogP contribution in [0.1, 0.15) is 33.6 Å². The summed E-state index contributed by atoms with van der Waals surface area (Å²) in [6, 6.07) is 16.6. The second-order valence-electron chi connectivity index (χ2n) is 15.0. The third-order valence-corrected chi connectivity index (χ3v) is 9.51. The smallest absolute Gasteiger partial charge is 0.410 e. The van der Waals surface area contributed by atoms with E-state index in [4.69, 9.17) is 14.2 Å². The number of halogens is 4. The number of hydrogen-bond donors (Lipinski definition) is 3. The molecule has 6 aromatic rings. The minimum absolute atomic E-state index is 0.0457. The van der Waals surface area contributed by atoms with Crippen molar-refractivity contribution >= 4 is 17.1 Å². The van der Waals surface area contributed by atoms with Crippen molar-refractivity contribution in [1.82, 2.24) is 29.0 Å². The molecule has 2 aliphatic heterocycles. The predicted octanol–water partition coefficient (Wildman–Crippen LogP) is 7.81. The van der Waals surface area contributed by atoms with E-state index in [0.717, 1.165) is 27.2 Å². The number of nitrogens with zero attached hydrogens (tertiary/aromatic N) is 5. The zero-order valence-electron chi connectivity index (χ0n) is 31.4. The number of ether oxygens (including phenoxy) is 3. The first kappa shape index (κ1) is 39.2. The van der Waals surface area contributed by atoms with Crippen LogP contribution in [0.4, 0.5) is 22.4 Å². The van der Waals surface area contributed by atoms with Gasteiger partial charge in [0.25, 0.3) is 5.92 Å². The molecule has 16 heteroatoms. The monoisotopic (exact) mass is 790 g/mol. The quantitative estimate of drug-likeness (QED) is 0.145. The number of phenols is 2. The third-order valence-electron chi connectivity index (χ3n) is 9.51. The first-order chi connectivity index (χ1) is 27.0. The lowest BCUT2D eigenvalue weighted by Gasteiger charge is -2.38. The van der Waals surface area contributed by atoms with Crippen LogP contribution in [0.25, 0.3) is 33.3 Å². The van der Waals surface area contributed by atoms with Crippen LogP contribution in [-0.2, 0) is 4.74 Å². The normalized spacial score (nSPS) is 19.1. The number of imidazole rings is 2. The number of carbonyl (C=O) groups excluding carboxylic acids is 1. The Balaban J connectivity index is 0.000000179. The number of phenolic OH excluding ortho intramolecular Hbond substituents is 2. The van der Waals surface area contributed by atoms with Crippen LogP contribution in [0.15, 0.2) is 98.1 Å². The summed E-state index contributed by atoms with van der Waals surface area (Å²) in [4.78, 5) is 21.4. The van der Waals surface area contributed by atoms with Gasteiger partial charge in [0.2, 0.25) is 0 Å². The van der Waals surface area contributed by atoms with Gasteiger partial charge in [0.15, 0.2) is 12.2 Å². The molecule has 1 amide bonds. The lowest BCUT2D eigenvalue weighted by atomic mass is 10.0. The molecular formula is C41H42F4N6O6. The molecule has 57 heavy (non-hydrogen) atoms. The first-order valence-electron chi connectivity index (χ1n) is 18.3. The number of benzene rings is 2. The van der Waals surface area contributed by atoms with Gasteiger partial charge in [-0.1, -0.05) is 24.3 Å². The summed E-state index contributed by atoms with van der Waals surface area (Å²) in [5.41, 5.74) is 3.57. The second kappa shape index (κ2) is 15.5. The summed E-state index contributed by atoms with van der Waals surface area (Å²) < 4.78 is 78.4. The molecule has 2 saturated heterocycles. The number of rotatable bonds is 6. The molecule has 2 aliphatic rings. The van der Waals surface area contributed by atoms with Crippen LogP contribution in [0, 0.1) is 0 Å². The molecule has 2 aromatic carbocycles. The van der Waals surface area contributed by atoms with Gasteiger partial charge in [-0.25, -0.2) is 32.3 Å². The van der Waals surface area contributed by atoms with Gasteiger partial charge in [-0.15, -0.1) is 0 Å². The zero-order chi connectivity index (χ0) is 40.5.